The molecule has 2 fully saturated rings. The summed E-state index contributed by atoms with van der Waals surface area (Å²) in [7, 11) is 0. The van der Waals surface area contributed by atoms with Crippen LogP contribution >= 0.6 is 0 Å². The van der Waals surface area contributed by atoms with Crippen molar-refractivity contribution in [2.75, 3.05) is 13.2 Å². The number of rotatable bonds is 0. The second-order valence-electron chi connectivity index (χ2n) is 6.26. The maximum atomic E-state index is 5.96. The summed E-state index contributed by atoms with van der Waals surface area (Å²) >= 11 is 0. The number of hydrogen-bond donors (Lipinski definition) is 1. The Kier molecular flexibility index (Phi) is 3.09. The fraction of sp³-hybridized carbons (Fsp3) is 1.00. The molecule has 2 nitrogen and oxygen atoms in total. The van der Waals surface area contributed by atoms with Crippen molar-refractivity contribution in [2.45, 2.75) is 58.6 Å². The molecule has 88 valence electrons. The molecule has 1 spiro atoms. The summed E-state index contributed by atoms with van der Waals surface area (Å²) < 4.78 is 5.96. The van der Waals surface area contributed by atoms with E-state index in [0.29, 0.717) is 5.41 Å². The molecule has 0 bridgehead atoms. The molecule has 2 rings (SSSR count). The predicted octanol–water partition coefficient (Wildman–Crippen LogP) is 2.93. The zero-order valence-electron chi connectivity index (χ0n) is 10.4. The van der Waals surface area contributed by atoms with E-state index >= 15 is 0 Å². The molecule has 1 saturated heterocycles. The van der Waals surface area contributed by atoms with E-state index in [-0.39, 0.29) is 5.72 Å². The summed E-state index contributed by atoms with van der Waals surface area (Å²) in [5.74, 6) is 0.871. The summed E-state index contributed by atoms with van der Waals surface area (Å²) in [5, 5.41) is 3.58. The van der Waals surface area contributed by atoms with Gasteiger partial charge in [-0.15, -0.1) is 0 Å². The van der Waals surface area contributed by atoms with Gasteiger partial charge in [-0.3, -0.25) is 5.32 Å². The van der Waals surface area contributed by atoms with Crippen LogP contribution in [0.15, 0.2) is 0 Å². The molecule has 2 aliphatic rings. The fourth-order valence-corrected chi connectivity index (χ4v) is 2.98. The zero-order chi connectivity index (χ0) is 10.9. The molecular weight excluding hydrogens is 186 g/mol. The lowest BCUT2D eigenvalue weighted by atomic mass is 9.70. The minimum absolute atomic E-state index is 0.0556. The monoisotopic (exact) mass is 211 g/mol. The predicted molar refractivity (Wildman–Crippen MR) is 62.7 cm³/mol. The van der Waals surface area contributed by atoms with E-state index < -0.39 is 0 Å². The van der Waals surface area contributed by atoms with Crippen molar-refractivity contribution < 1.29 is 4.74 Å². The molecule has 1 saturated carbocycles. The normalized spacial score (nSPS) is 38.2. The maximum absolute atomic E-state index is 5.96. The molecule has 0 amide bonds. The molecule has 2 heteroatoms. The van der Waals surface area contributed by atoms with Gasteiger partial charge in [0.25, 0.3) is 0 Å². The molecule has 0 aromatic carbocycles. The van der Waals surface area contributed by atoms with Crippen LogP contribution in [0.5, 0.6) is 0 Å². The number of hydrogen-bond acceptors (Lipinski definition) is 2. The highest BCUT2D eigenvalue weighted by atomic mass is 16.5. The van der Waals surface area contributed by atoms with E-state index in [0.717, 1.165) is 19.1 Å². The minimum atomic E-state index is 0.0556. The van der Waals surface area contributed by atoms with Crippen molar-refractivity contribution in [3.05, 3.63) is 0 Å². The molecule has 0 aromatic rings. The third-order valence-electron chi connectivity index (χ3n) is 4.16. The highest BCUT2D eigenvalue weighted by molar-refractivity contribution is 4.90. The summed E-state index contributed by atoms with van der Waals surface area (Å²) in [4.78, 5) is 0. The molecule has 0 unspecified atom stereocenters. The number of nitrogens with one attached hydrogen (secondary N) is 1. The van der Waals surface area contributed by atoms with Gasteiger partial charge in [-0.1, -0.05) is 20.8 Å². The standard InChI is InChI=1S/C13H25NO/c1-12(2,3)11-5-7-13(8-6-11)14-9-4-10-15-13/h11,14H,4-10H2,1-3H3. The van der Waals surface area contributed by atoms with Gasteiger partial charge in [0.2, 0.25) is 0 Å². The van der Waals surface area contributed by atoms with Crippen molar-refractivity contribution in [3.8, 4) is 0 Å². The molecule has 0 aromatic heterocycles. The van der Waals surface area contributed by atoms with E-state index in [9.17, 15) is 0 Å². The summed E-state index contributed by atoms with van der Waals surface area (Å²) in [6.07, 6.45) is 6.21. The largest absolute Gasteiger partial charge is 0.361 e. The Labute approximate surface area is 93.8 Å². The van der Waals surface area contributed by atoms with Crippen LogP contribution in [0.2, 0.25) is 0 Å². The van der Waals surface area contributed by atoms with Gasteiger partial charge in [-0.05, 0) is 50.0 Å². The molecule has 0 radical (unpaired) electrons. The van der Waals surface area contributed by atoms with Gasteiger partial charge in [0.1, 0.15) is 5.72 Å². The molecule has 1 aliphatic heterocycles. The van der Waals surface area contributed by atoms with Gasteiger partial charge in [0, 0.05) is 0 Å². The average molecular weight is 211 g/mol. The third-order valence-corrected chi connectivity index (χ3v) is 4.16. The fourth-order valence-electron chi connectivity index (χ4n) is 2.98. The summed E-state index contributed by atoms with van der Waals surface area (Å²) in [6.45, 7) is 9.19. The van der Waals surface area contributed by atoms with Crippen LogP contribution in [0.1, 0.15) is 52.9 Å². The van der Waals surface area contributed by atoms with Crippen LogP contribution in [-0.4, -0.2) is 18.9 Å². The Morgan fingerprint density at radius 3 is 2.33 bits per heavy atom. The highest BCUT2D eigenvalue weighted by Crippen LogP contribution is 2.42. The SMILES string of the molecule is CC(C)(C)C1CCC2(CC1)NCCCO2. The average Bonchev–Trinajstić information content (AvgIpc) is 2.18. The van der Waals surface area contributed by atoms with Gasteiger partial charge in [-0.25, -0.2) is 0 Å². The van der Waals surface area contributed by atoms with Crippen LogP contribution in [0.4, 0.5) is 0 Å². The number of ether oxygens (including phenoxy) is 1. The van der Waals surface area contributed by atoms with Crippen molar-refractivity contribution in [3.63, 3.8) is 0 Å². The Morgan fingerprint density at radius 1 is 1.20 bits per heavy atom. The van der Waals surface area contributed by atoms with E-state index in [1.54, 1.807) is 0 Å². The van der Waals surface area contributed by atoms with Crippen molar-refractivity contribution in [1.29, 1.82) is 0 Å². The molecule has 15 heavy (non-hydrogen) atoms. The lowest BCUT2D eigenvalue weighted by Crippen LogP contribution is -2.54. The van der Waals surface area contributed by atoms with Gasteiger partial charge in [0.05, 0.1) is 6.61 Å². The first-order valence-corrected chi connectivity index (χ1v) is 6.41. The Hall–Kier alpha value is -0.0800. The van der Waals surface area contributed by atoms with Gasteiger partial charge in [0.15, 0.2) is 0 Å². The Morgan fingerprint density at radius 2 is 1.87 bits per heavy atom. The Balaban J connectivity index is 1.91. The maximum Gasteiger partial charge on any atom is 0.119 e. The van der Waals surface area contributed by atoms with E-state index in [1.807, 2.05) is 0 Å². The van der Waals surface area contributed by atoms with Crippen molar-refractivity contribution in [2.24, 2.45) is 11.3 Å². The van der Waals surface area contributed by atoms with Crippen molar-refractivity contribution in [1.82, 2.24) is 5.32 Å². The van der Waals surface area contributed by atoms with Crippen LogP contribution in [0.3, 0.4) is 0 Å². The molecular formula is C13H25NO. The molecule has 1 N–H and O–H groups in total. The molecule has 1 aliphatic carbocycles. The van der Waals surface area contributed by atoms with Crippen LogP contribution < -0.4 is 5.32 Å². The van der Waals surface area contributed by atoms with E-state index in [2.05, 4.69) is 26.1 Å². The Bertz CT molecular complexity index is 203. The lowest BCUT2D eigenvalue weighted by Gasteiger charge is -2.46. The van der Waals surface area contributed by atoms with Gasteiger partial charge < -0.3 is 4.74 Å². The zero-order valence-corrected chi connectivity index (χ0v) is 10.4. The first-order chi connectivity index (χ1) is 7.02. The topological polar surface area (TPSA) is 21.3 Å². The lowest BCUT2D eigenvalue weighted by molar-refractivity contribution is -0.128. The van der Waals surface area contributed by atoms with Gasteiger partial charge >= 0.3 is 0 Å². The first-order valence-electron chi connectivity index (χ1n) is 6.41. The molecule has 0 atom stereocenters. The molecule has 1 heterocycles. The minimum Gasteiger partial charge on any atom is -0.361 e. The van der Waals surface area contributed by atoms with Gasteiger partial charge in [-0.2, -0.15) is 0 Å². The van der Waals surface area contributed by atoms with E-state index in [1.165, 1.54) is 32.1 Å². The summed E-state index contributed by atoms with van der Waals surface area (Å²) in [5.41, 5.74) is 0.524. The second-order valence-corrected chi connectivity index (χ2v) is 6.26. The second kappa shape index (κ2) is 4.06. The summed E-state index contributed by atoms with van der Waals surface area (Å²) in [6, 6.07) is 0. The van der Waals surface area contributed by atoms with Crippen LogP contribution in [-0.2, 0) is 4.74 Å². The first kappa shape index (κ1) is 11.4. The van der Waals surface area contributed by atoms with E-state index in [4.69, 9.17) is 4.74 Å². The third kappa shape index (κ3) is 2.54. The highest BCUT2D eigenvalue weighted by Gasteiger charge is 2.40. The smallest absolute Gasteiger partial charge is 0.119 e. The van der Waals surface area contributed by atoms with Crippen molar-refractivity contribution >= 4 is 0 Å². The quantitative estimate of drug-likeness (QED) is 0.665. The van der Waals surface area contributed by atoms with Crippen LogP contribution in [0, 0.1) is 11.3 Å². The van der Waals surface area contributed by atoms with Crippen LogP contribution in [0.25, 0.3) is 0 Å².